The first-order valence-electron chi connectivity index (χ1n) is 13.0. The molecule has 0 amide bonds. The number of aryl methyl sites for hydroxylation is 2. The average Bonchev–Trinajstić information content (AvgIpc) is 3.18. The first-order valence-corrected chi connectivity index (χ1v) is 13.0. The minimum atomic E-state index is -0.166. The van der Waals surface area contributed by atoms with Gasteiger partial charge in [0.2, 0.25) is 0 Å². The zero-order chi connectivity index (χ0) is 24.5. The van der Waals surface area contributed by atoms with Gasteiger partial charge in [0.15, 0.2) is 0 Å². The fourth-order valence-electron chi connectivity index (χ4n) is 5.45. The van der Waals surface area contributed by atoms with E-state index in [1.165, 1.54) is 5.69 Å². The van der Waals surface area contributed by atoms with Gasteiger partial charge in [0.1, 0.15) is 5.82 Å². The molecule has 0 bridgehead atoms. The number of morpholine rings is 1. The third-order valence-corrected chi connectivity index (χ3v) is 7.66. The highest BCUT2D eigenvalue weighted by Gasteiger charge is 2.22. The van der Waals surface area contributed by atoms with E-state index in [2.05, 4.69) is 52.3 Å². The molecule has 0 aliphatic carbocycles. The minimum Gasteiger partial charge on any atom is -0.379 e. The van der Waals surface area contributed by atoms with Crippen LogP contribution in [0.1, 0.15) is 25.2 Å². The van der Waals surface area contributed by atoms with Gasteiger partial charge in [-0.1, -0.05) is 6.07 Å². The minimum absolute atomic E-state index is 0.166. The van der Waals surface area contributed by atoms with Gasteiger partial charge in [-0.2, -0.15) is 0 Å². The number of anilines is 1. The molecule has 0 saturated carbocycles. The number of pyridine rings is 1. The Labute approximate surface area is 208 Å². The number of aromatic nitrogens is 2. The summed E-state index contributed by atoms with van der Waals surface area (Å²) < 4.78 is 23.1. The predicted molar refractivity (Wildman–Crippen MR) is 141 cm³/mol. The van der Waals surface area contributed by atoms with Crippen molar-refractivity contribution in [2.45, 2.75) is 33.2 Å². The van der Waals surface area contributed by atoms with Gasteiger partial charge in [-0.25, -0.2) is 4.39 Å². The molecule has 4 heterocycles. The zero-order valence-electron chi connectivity index (χ0n) is 21.6. The van der Waals surface area contributed by atoms with Crippen molar-refractivity contribution in [3.05, 3.63) is 47.5 Å². The number of rotatable bonds is 6. The summed E-state index contributed by atoms with van der Waals surface area (Å²) >= 11 is 0. The zero-order valence-corrected chi connectivity index (χ0v) is 21.6. The lowest BCUT2D eigenvalue weighted by atomic mass is 10.1. The van der Waals surface area contributed by atoms with Crippen molar-refractivity contribution >= 4 is 16.6 Å². The van der Waals surface area contributed by atoms with E-state index in [0.717, 1.165) is 93.3 Å². The van der Waals surface area contributed by atoms with E-state index in [0.29, 0.717) is 11.7 Å². The van der Waals surface area contributed by atoms with Crippen LogP contribution >= 0.6 is 0 Å². The van der Waals surface area contributed by atoms with Crippen molar-refractivity contribution in [1.82, 2.24) is 19.4 Å². The summed E-state index contributed by atoms with van der Waals surface area (Å²) in [6, 6.07) is 10.6. The molecule has 6 nitrogen and oxygen atoms in total. The molecule has 2 aliphatic heterocycles. The Hall–Kier alpha value is -2.48. The number of piperazine rings is 1. The fourth-order valence-corrected chi connectivity index (χ4v) is 5.45. The third kappa shape index (κ3) is 5.08. The molecule has 2 saturated heterocycles. The van der Waals surface area contributed by atoms with Gasteiger partial charge in [-0.15, -0.1) is 0 Å². The molecule has 35 heavy (non-hydrogen) atoms. The van der Waals surface area contributed by atoms with E-state index >= 15 is 4.39 Å². The Bertz CT molecular complexity index is 1180. The van der Waals surface area contributed by atoms with Crippen LogP contribution in [0.25, 0.3) is 22.2 Å². The molecule has 2 aliphatic rings. The van der Waals surface area contributed by atoms with Gasteiger partial charge in [0, 0.05) is 87.7 Å². The van der Waals surface area contributed by atoms with Gasteiger partial charge < -0.3 is 14.2 Å². The summed E-state index contributed by atoms with van der Waals surface area (Å²) in [5.41, 5.74) is 5.77. The normalized spacial score (nSPS) is 18.2. The maximum absolute atomic E-state index is 15.4. The Balaban J connectivity index is 1.40. The number of benzene rings is 1. The summed E-state index contributed by atoms with van der Waals surface area (Å²) in [7, 11) is 2.13. The molecule has 2 aromatic heterocycles. The summed E-state index contributed by atoms with van der Waals surface area (Å²) in [6.07, 6.45) is 0.972. The second-order valence-electron chi connectivity index (χ2n) is 10.2. The molecule has 0 unspecified atom stereocenters. The van der Waals surface area contributed by atoms with Crippen LogP contribution in [0.5, 0.6) is 0 Å². The van der Waals surface area contributed by atoms with Crippen LogP contribution in [0.15, 0.2) is 30.3 Å². The van der Waals surface area contributed by atoms with E-state index in [1.807, 2.05) is 19.1 Å². The fraction of sp³-hybridized carbons (Fsp3) is 0.536. The monoisotopic (exact) mass is 479 g/mol. The van der Waals surface area contributed by atoms with Crippen molar-refractivity contribution in [1.29, 1.82) is 0 Å². The lowest BCUT2D eigenvalue weighted by molar-refractivity contribution is 0.0383. The topological polar surface area (TPSA) is 36.8 Å². The molecule has 5 rings (SSSR count). The lowest BCUT2D eigenvalue weighted by Crippen LogP contribution is -2.49. The standard InChI is InChI=1S/C28H38FN5O/c1-20(2)33-9-11-34(12-10-33)26-6-5-22(18-25(26)29)28-24-19-23(7-8-32-13-15-35-16-14-32)31(4)27(24)17-21(3)30-28/h5-6,17-20H,7-16H2,1-4H3. The molecular weight excluding hydrogens is 441 g/mol. The largest absolute Gasteiger partial charge is 0.379 e. The first kappa shape index (κ1) is 24.2. The highest BCUT2D eigenvalue weighted by Crippen LogP contribution is 2.33. The van der Waals surface area contributed by atoms with Gasteiger partial charge in [-0.3, -0.25) is 14.8 Å². The van der Waals surface area contributed by atoms with E-state index in [9.17, 15) is 0 Å². The number of hydrogen-bond acceptors (Lipinski definition) is 5. The molecule has 3 aromatic rings. The molecule has 7 heteroatoms. The van der Waals surface area contributed by atoms with Crippen molar-refractivity contribution in [2.75, 3.05) is 63.9 Å². The Morgan fingerprint density at radius 3 is 2.43 bits per heavy atom. The summed E-state index contributed by atoms with van der Waals surface area (Å²) in [5, 5.41) is 1.09. The molecule has 0 spiro atoms. The average molecular weight is 480 g/mol. The molecule has 0 N–H and O–H groups in total. The van der Waals surface area contributed by atoms with Crippen molar-refractivity contribution in [3.8, 4) is 11.3 Å². The van der Waals surface area contributed by atoms with Crippen LogP contribution in [-0.2, 0) is 18.2 Å². The second kappa shape index (κ2) is 10.2. The maximum atomic E-state index is 15.4. The third-order valence-electron chi connectivity index (χ3n) is 7.66. The van der Waals surface area contributed by atoms with Crippen molar-refractivity contribution in [3.63, 3.8) is 0 Å². The van der Waals surface area contributed by atoms with Crippen LogP contribution in [-0.4, -0.2) is 84.4 Å². The number of nitrogens with zero attached hydrogens (tertiary/aromatic N) is 5. The Morgan fingerprint density at radius 2 is 1.74 bits per heavy atom. The first-order chi connectivity index (χ1) is 16.9. The SMILES string of the molecule is Cc1cc2c(cc(CCN3CCOCC3)n2C)c(-c2ccc(N3CCN(C(C)C)CC3)c(F)c2)n1. The summed E-state index contributed by atoms with van der Waals surface area (Å²) in [6.45, 7) is 14.7. The molecule has 0 radical (unpaired) electrons. The quantitative estimate of drug-likeness (QED) is 0.532. The van der Waals surface area contributed by atoms with E-state index in [1.54, 1.807) is 6.07 Å². The smallest absolute Gasteiger partial charge is 0.147 e. The van der Waals surface area contributed by atoms with Crippen molar-refractivity contribution in [2.24, 2.45) is 7.05 Å². The Kier molecular flexibility index (Phi) is 7.09. The Morgan fingerprint density at radius 1 is 1.00 bits per heavy atom. The van der Waals surface area contributed by atoms with E-state index in [-0.39, 0.29) is 5.82 Å². The van der Waals surface area contributed by atoms with Gasteiger partial charge in [-0.05, 0) is 45.0 Å². The summed E-state index contributed by atoms with van der Waals surface area (Å²) in [4.78, 5) is 11.9. The van der Waals surface area contributed by atoms with Gasteiger partial charge >= 0.3 is 0 Å². The molecule has 1 aromatic carbocycles. The van der Waals surface area contributed by atoms with E-state index < -0.39 is 0 Å². The summed E-state index contributed by atoms with van der Waals surface area (Å²) in [5.74, 6) is -0.166. The molecule has 0 atom stereocenters. The number of hydrogen-bond donors (Lipinski definition) is 0. The number of fused-ring (bicyclic) bond motifs is 1. The molecular formula is C28H38FN5O. The highest BCUT2D eigenvalue weighted by molar-refractivity contribution is 5.94. The number of halogens is 1. The highest BCUT2D eigenvalue weighted by atomic mass is 19.1. The van der Waals surface area contributed by atoms with Crippen LogP contribution in [0.2, 0.25) is 0 Å². The van der Waals surface area contributed by atoms with Crippen LogP contribution in [0.4, 0.5) is 10.1 Å². The lowest BCUT2D eigenvalue weighted by Gasteiger charge is -2.38. The predicted octanol–water partition coefficient (Wildman–Crippen LogP) is 4.09. The van der Waals surface area contributed by atoms with Crippen LogP contribution < -0.4 is 4.90 Å². The molecule has 2 fully saturated rings. The maximum Gasteiger partial charge on any atom is 0.147 e. The van der Waals surface area contributed by atoms with Crippen LogP contribution in [0, 0.1) is 12.7 Å². The van der Waals surface area contributed by atoms with Crippen LogP contribution in [0.3, 0.4) is 0 Å². The van der Waals surface area contributed by atoms with Gasteiger partial charge in [0.05, 0.1) is 30.1 Å². The molecule has 188 valence electrons. The van der Waals surface area contributed by atoms with Gasteiger partial charge in [0.25, 0.3) is 0 Å². The second-order valence-corrected chi connectivity index (χ2v) is 10.2. The van der Waals surface area contributed by atoms with E-state index in [4.69, 9.17) is 9.72 Å². The number of ether oxygens (including phenoxy) is 1. The van der Waals surface area contributed by atoms with Crippen molar-refractivity contribution < 1.29 is 9.13 Å².